The molecule has 1 aromatic heterocycles. The van der Waals surface area contributed by atoms with Crippen molar-refractivity contribution in [2.45, 2.75) is 13.8 Å². The van der Waals surface area contributed by atoms with Gasteiger partial charge < -0.3 is 10.6 Å². The van der Waals surface area contributed by atoms with Crippen LogP contribution in [0, 0.1) is 25.2 Å². The molecule has 6 heteroatoms. The molecule has 0 amide bonds. The predicted octanol–water partition coefficient (Wildman–Crippen LogP) is 5.21. The Morgan fingerprint density at radius 2 is 1.48 bits per heavy atom. The largest absolute Gasteiger partial charge is 0.340 e. The third-order valence-electron chi connectivity index (χ3n) is 3.55. The first kappa shape index (κ1) is 16.9. The molecule has 3 aromatic rings. The molecule has 0 atom stereocenters. The summed E-state index contributed by atoms with van der Waals surface area (Å²) < 4.78 is 1.07. The maximum Gasteiger partial charge on any atom is 0.136 e. The van der Waals surface area contributed by atoms with Crippen molar-refractivity contribution in [1.82, 2.24) is 9.97 Å². The smallest absolute Gasteiger partial charge is 0.136 e. The number of nitrogens with one attached hydrogen (secondary N) is 2. The van der Waals surface area contributed by atoms with E-state index < -0.39 is 0 Å². The van der Waals surface area contributed by atoms with Gasteiger partial charge in [-0.1, -0.05) is 15.9 Å². The van der Waals surface area contributed by atoms with E-state index in [1.54, 1.807) is 12.1 Å². The quantitative estimate of drug-likeness (QED) is 0.635. The van der Waals surface area contributed by atoms with Crippen molar-refractivity contribution in [3.63, 3.8) is 0 Å². The van der Waals surface area contributed by atoms with E-state index in [4.69, 9.17) is 5.26 Å². The Bertz CT molecular complexity index is 945. The van der Waals surface area contributed by atoms with Crippen LogP contribution in [0.3, 0.4) is 0 Å². The Labute approximate surface area is 154 Å². The Morgan fingerprint density at radius 3 is 2.08 bits per heavy atom. The van der Waals surface area contributed by atoms with Gasteiger partial charge in [-0.3, -0.25) is 0 Å². The second-order valence-electron chi connectivity index (χ2n) is 5.59. The molecule has 0 bridgehead atoms. The van der Waals surface area contributed by atoms with E-state index in [0.717, 1.165) is 21.4 Å². The normalized spacial score (nSPS) is 10.2. The van der Waals surface area contributed by atoms with E-state index >= 15 is 0 Å². The summed E-state index contributed by atoms with van der Waals surface area (Å²) in [6.45, 7) is 3.89. The summed E-state index contributed by atoms with van der Waals surface area (Å²) in [6.07, 6.45) is 0. The molecule has 25 heavy (non-hydrogen) atoms. The van der Waals surface area contributed by atoms with Gasteiger partial charge in [0.15, 0.2) is 0 Å². The van der Waals surface area contributed by atoms with Crippen LogP contribution in [0.2, 0.25) is 0 Å². The van der Waals surface area contributed by atoms with E-state index in [1.807, 2.05) is 44.2 Å². The molecular formula is C19H16BrN5. The Balaban J connectivity index is 1.82. The molecule has 0 fully saturated rings. The molecule has 0 saturated heterocycles. The van der Waals surface area contributed by atoms with Gasteiger partial charge in [0.1, 0.15) is 17.5 Å². The summed E-state index contributed by atoms with van der Waals surface area (Å²) >= 11 is 3.50. The van der Waals surface area contributed by atoms with Crippen LogP contribution in [0.5, 0.6) is 0 Å². The van der Waals surface area contributed by atoms with Gasteiger partial charge in [0.2, 0.25) is 0 Å². The highest BCUT2D eigenvalue weighted by molar-refractivity contribution is 9.10. The molecule has 0 unspecified atom stereocenters. The van der Waals surface area contributed by atoms with E-state index in [9.17, 15) is 0 Å². The monoisotopic (exact) mass is 393 g/mol. The fourth-order valence-electron chi connectivity index (χ4n) is 2.34. The van der Waals surface area contributed by atoms with Crippen molar-refractivity contribution < 1.29 is 0 Å². The lowest BCUT2D eigenvalue weighted by atomic mass is 10.2. The van der Waals surface area contributed by atoms with Crippen molar-refractivity contribution in [1.29, 1.82) is 5.26 Å². The topological polar surface area (TPSA) is 73.6 Å². The Morgan fingerprint density at radius 1 is 0.880 bits per heavy atom. The summed E-state index contributed by atoms with van der Waals surface area (Å²) in [5, 5.41) is 15.4. The number of rotatable bonds is 4. The second-order valence-corrected chi connectivity index (χ2v) is 6.44. The number of nitriles is 1. The first-order chi connectivity index (χ1) is 12.0. The van der Waals surface area contributed by atoms with Gasteiger partial charge in [0, 0.05) is 21.9 Å². The molecule has 0 aliphatic heterocycles. The van der Waals surface area contributed by atoms with Crippen LogP contribution in [0.1, 0.15) is 17.0 Å². The number of halogens is 1. The standard InChI is InChI=1S/C19H16BrN5/c1-12-9-16(7-8-17(12)20)25-19-10-18(22-13(2)23-19)24-15-5-3-14(11-21)4-6-15/h3-10H,1-2H3,(H2,22,23,24,25). The maximum atomic E-state index is 8.87. The van der Waals surface area contributed by atoms with E-state index in [2.05, 4.69) is 48.7 Å². The maximum absolute atomic E-state index is 8.87. The average Bonchev–Trinajstić information content (AvgIpc) is 2.58. The lowest BCUT2D eigenvalue weighted by Gasteiger charge is -2.11. The molecule has 0 aliphatic rings. The highest BCUT2D eigenvalue weighted by Gasteiger charge is 2.05. The van der Waals surface area contributed by atoms with Crippen LogP contribution in [0.4, 0.5) is 23.0 Å². The van der Waals surface area contributed by atoms with Gasteiger partial charge in [-0.25, -0.2) is 9.97 Å². The Hall–Kier alpha value is -2.91. The van der Waals surface area contributed by atoms with Crippen LogP contribution < -0.4 is 10.6 Å². The van der Waals surface area contributed by atoms with Gasteiger partial charge in [0.05, 0.1) is 11.6 Å². The van der Waals surface area contributed by atoms with Crippen molar-refractivity contribution in [2.24, 2.45) is 0 Å². The average molecular weight is 394 g/mol. The fourth-order valence-corrected chi connectivity index (χ4v) is 2.59. The number of nitrogens with zero attached hydrogens (tertiary/aromatic N) is 3. The molecular weight excluding hydrogens is 378 g/mol. The second kappa shape index (κ2) is 7.32. The highest BCUT2D eigenvalue weighted by atomic mass is 79.9. The molecule has 0 aliphatic carbocycles. The molecule has 0 radical (unpaired) electrons. The third-order valence-corrected chi connectivity index (χ3v) is 4.44. The molecule has 2 N–H and O–H groups in total. The third kappa shape index (κ3) is 4.34. The zero-order chi connectivity index (χ0) is 17.8. The number of anilines is 4. The number of aromatic nitrogens is 2. The van der Waals surface area contributed by atoms with Gasteiger partial charge in [0.25, 0.3) is 0 Å². The molecule has 2 aromatic carbocycles. The van der Waals surface area contributed by atoms with Gasteiger partial charge in [-0.05, 0) is 61.9 Å². The van der Waals surface area contributed by atoms with E-state index in [0.29, 0.717) is 23.0 Å². The van der Waals surface area contributed by atoms with Crippen LogP contribution in [0.15, 0.2) is 53.0 Å². The number of hydrogen-bond donors (Lipinski definition) is 2. The van der Waals surface area contributed by atoms with Crippen molar-refractivity contribution in [3.05, 3.63) is 70.0 Å². The minimum absolute atomic E-state index is 0.623. The van der Waals surface area contributed by atoms with Crippen LogP contribution in [-0.2, 0) is 0 Å². The van der Waals surface area contributed by atoms with Crippen molar-refractivity contribution in [3.8, 4) is 6.07 Å². The summed E-state index contributed by atoms with van der Waals surface area (Å²) in [6, 6.07) is 17.2. The lowest BCUT2D eigenvalue weighted by Crippen LogP contribution is -2.01. The summed E-state index contributed by atoms with van der Waals surface area (Å²) in [7, 11) is 0. The molecule has 0 saturated carbocycles. The zero-order valence-corrected chi connectivity index (χ0v) is 15.4. The minimum Gasteiger partial charge on any atom is -0.340 e. The SMILES string of the molecule is Cc1nc(Nc2ccc(C#N)cc2)cc(Nc2ccc(Br)c(C)c2)n1. The minimum atomic E-state index is 0.623. The van der Waals surface area contributed by atoms with E-state index in [-0.39, 0.29) is 0 Å². The first-order valence-corrected chi connectivity index (χ1v) is 8.49. The summed E-state index contributed by atoms with van der Waals surface area (Å²) in [5.74, 6) is 2.06. The molecule has 1 heterocycles. The molecule has 3 rings (SSSR count). The molecule has 0 spiro atoms. The van der Waals surface area contributed by atoms with Crippen molar-refractivity contribution in [2.75, 3.05) is 10.6 Å². The summed E-state index contributed by atoms with van der Waals surface area (Å²) in [4.78, 5) is 8.84. The van der Waals surface area contributed by atoms with E-state index in [1.165, 1.54) is 0 Å². The number of benzene rings is 2. The van der Waals surface area contributed by atoms with Crippen LogP contribution in [0.25, 0.3) is 0 Å². The van der Waals surface area contributed by atoms with Crippen molar-refractivity contribution >= 4 is 38.9 Å². The highest BCUT2D eigenvalue weighted by Crippen LogP contribution is 2.24. The Kier molecular flexibility index (Phi) is 4.96. The van der Waals surface area contributed by atoms with Gasteiger partial charge in [-0.15, -0.1) is 0 Å². The summed E-state index contributed by atoms with van der Waals surface area (Å²) in [5.41, 5.74) is 3.59. The predicted molar refractivity (Wildman–Crippen MR) is 103 cm³/mol. The number of aryl methyl sites for hydroxylation is 2. The van der Waals surface area contributed by atoms with Gasteiger partial charge in [-0.2, -0.15) is 5.26 Å². The first-order valence-electron chi connectivity index (χ1n) is 7.69. The lowest BCUT2D eigenvalue weighted by molar-refractivity contribution is 1.06. The van der Waals surface area contributed by atoms with Gasteiger partial charge >= 0.3 is 0 Å². The zero-order valence-electron chi connectivity index (χ0n) is 13.8. The van der Waals surface area contributed by atoms with Crippen LogP contribution >= 0.6 is 15.9 Å². The molecule has 5 nitrogen and oxygen atoms in total. The molecule has 124 valence electrons. The number of hydrogen-bond acceptors (Lipinski definition) is 5. The fraction of sp³-hybridized carbons (Fsp3) is 0.105. The van der Waals surface area contributed by atoms with Crippen LogP contribution in [-0.4, -0.2) is 9.97 Å².